The standard InChI is InChI=1S/C10H11NO/c1-7(2)9-4-10(8(3)12)6-11-5-9/h4-6H,1H2,2-3H3. The van der Waals surface area contributed by atoms with Crippen LogP contribution in [0.1, 0.15) is 29.8 Å². The molecule has 0 N–H and O–H groups in total. The number of hydrogen-bond donors (Lipinski definition) is 0. The molecule has 0 radical (unpaired) electrons. The van der Waals surface area contributed by atoms with E-state index < -0.39 is 0 Å². The highest BCUT2D eigenvalue weighted by molar-refractivity contribution is 5.94. The first-order valence-electron chi connectivity index (χ1n) is 3.73. The zero-order valence-electron chi connectivity index (χ0n) is 7.29. The number of allylic oxidation sites excluding steroid dienone is 1. The van der Waals surface area contributed by atoms with Crippen LogP contribution in [-0.2, 0) is 0 Å². The zero-order valence-corrected chi connectivity index (χ0v) is 7.29. The van der Waals surface area contributed by atoms with Gasteiger partial charge in [-0.05, 0) is 31.1 Å². The number of nitrogens with zero attached hydrogens (tertiary/aromatic N) is 1. The quantitative estimate of drug-likeness (QED) is 0.623. The summed E-state index contributed by atoms with van der Waals surface area (Å²) in [6, 6.07) is 1.80. The number of aromatic nitrogens is 1. The second-order valence-electron chi connectivity index (χ2n) is 2.80. The zero-order chi connectivity index (χ0) is 9.14. The third-order valence-corrected chi connectivity index (χ3v) is 1.64. The molecule has 0 spiro atoms. The fourth-order valence-corrected chi connectivity index (χ4v) is 0.866. The minimum Gasteiger partial charge on any atom is -0.294 e. The summed E-state index contributed by atoms with van der Waals surface area (Å²) in [5.41, 5.74) is 2.48. The Bertz CT molecular complexity index is 299. The second kappa shape index (κ2) is 3.30. The minimum atomic E-state index is 0.0330. The molecule has 0 unspecified atom stereocenters. The first-order chi connectivity index (χ1) is 5.61. The normalized spacial score (nSPS) is 9.50. The molecule has 12 heavy (non-hydrogen) atoms. The number of hydrogen-bond acceptors (Lipinski definition) is 2. The third kappa shape index (κ3) is 1.78. The fourth-order valence-electron chi connectivity index (χ4n) is 0.866. The Kier molecular flexibility index (Phi) is 2.38. The summed E-state index contributed by atoms with van der Waals surface area (Å²) in [6.45, 7) is 7.19. The number of Topliss-reactive ketones (excluding diaryl/α,β-unsaturated/α-hetero) is 1. The number of carbonyl (C=O) groups is 1. The van der Waals surface area contributed by atoms with Gasteiger partial charge in [-0.3, -0.25) is 9.78 Å². The monoisotopic (exact) mass is 161 g/mol. The molecule has 0 aliphatic carbocycles. The summed E-state index contributed by atoms with van der Waals surface area (Å²) in [5, 5.41) is 0. The molecule has 0 atom stereocenters. The number of ketones is 1. The lowest BCUT2D eigenvalue weighted by Crippen LogP contribution is -1.94. The van der Waals surface area contributed by atoms with Crippen LogP contribution < -0.4 is 0 Å². The summed E-state index contributed by atoms with van der Waals surface area (Å²) < 4.78 is 0. The molecule has 62 valence electrons. The molecule has 1 aromatic heterocycles. The maximum Gasteiger partial charge on any atom is 0.161 e. The van der Waals surface area contributed by atoms with Crippen LogP contribution in [0.3, 0.4) is 0 Å². The minimum absolute atomic E-state index is 0.0330. The van der Waals surface area contributed by atoms with E-state index in [1.807, 2.05) is 6.92 Å². The molecule has 0 fully saturated rings. The van der Waals surface area contributed by atoms with Gasteiger partial charge in [-0.2, -0.15) is 0 Å². The maximum absolute atomic E-state index is 11.0. The molecule has 0 saturated carbocycles. The highest BCUT2D eigenvalue weighted by atomic mass is 16.1. The van der Waals surface area contributed by atoms with Crippen LogP contribution in [-0.4, -0.2) is 10.8 Å². The van der Waals surface area contributed by atoms with E-state index in [4.69, 9.17) is 0 Å². The van der Waals surface area contributed by atoms with E-state index in [2.05, 4.69) is 11.6 Å². The van der Waals surface area contributed by atoms with Gasteiger partial charge in [0.2, 0.25) is 0 Å². The van der Waals surface area contributed by atoms with Gasteiger partial charge in [-0.1, -0.05) is 6.58 Å². The lowest BCUT2D eigenvalue weighted by Gasteiger charge is -1.99. The molecule has 0 saturated heterocycles. The van der Waals surface area contributed by atoms with Crippen molar-refractivity contribution in [2.24, 2.45) is 0 Å². The molecule has 0 aliphatic heterocycles. The molecule has 1 aromatic rings. The summed E-state index contributed by atoms with van der Waals surface area (Å²) in [4.78, 5) is 14.9. The third-order valence-electron chi connectivity index (χ3n) is 1.64. The van der Waals surface area contributed by atoms with Crippen LogP contribution in [0.4, 0.5) is 0 Å². The summed E-state index contributed by atoms with van der Waals surface area (Å²) in [7, 11) is 0. The second-order valence-corrected chi connectivity index (χ2v) is 2.80. The smallest absolute Gasteiger partial charge is 0.161 e. The summed E-state index contributed by atoms with van der Waals surface area (Å²) in [6.07, 6.45) is 3.27. The van der Waals surface area contributed by atoms with E-state index >= 15 is 0 Å². The average molecular weight is 161 g/mol. The molecular weight excluding hydrogens is 150 g/mol. The van der Waals surface area contributed by atoms with Gasteiger partial charge in [-0.25, -0.2) is 0 Å². The molecule has 0 aromatic carbocycles. The summed E-state index contributed by atoms with van der Waals surface area (Å²) >= 11 is 0. The van der Waals surface area contributed by atoms with E-state index in [1.165, 1.54) is 6.92 Å². The Morgan fingerprint density at radius 2 is 1.92 bits per heavy atom. The van der Waals surface area contributed by atoms with Crippen LogP contribution in [0, 0.1) is 0 Å². The van der Waals surface area contributed by atoms with E-state index in [9.17, 15) is 4.79 Å². The molecule has 2 heteroatoms. The van der Waals surface area contributed by atoms with Crippen molar-refractivity contribution in [3.8, 4) is 0 Å². The maximum atomic E-state index is 11.0. The molecule has 1 rings (SSSR count). The topological polar surface area (TPSA) is 30.0 Å². The first kappa shape index (κ1) is 8.65. The van der Waals surface area contributed by atoms with Gasteiger partial charge >= 0.3 is 0 Å². The van der Waals surface area contributed by atoms with E-state index in [-0.39, 0.29) is 5.78 Å². The molecular formula is C10H11NO. The van der Waals surface area contributed by atoms with Crippen molar-refractivity contribution >= 4 is 11.4 Å². The van der Waals surface area contributed by atoms with Crippen molar-refractivity contribution in [3.63, 3.8) is 0 Å². The van der Waals surface area contributed by atoms with Gasteiger partial charge in [0.15, 0.2) is 5.78 Å². The van der Waals surface area contributed by atoms with Gasteiger partial charge in [0.1, 0.15) is 0 Å². The number of rotatable bonds is 2. The largest absolute Gasteiger partial charge is 0.294 e. The molecule has 0 aliphatic rings. The van der Waals surface area contributed by atoms with Crippen molar-refractivity contribution in [3.05, 3.63) is 36.2 Å². The van der Waals surface area contributed by atoms with E-state index in [0.29, 0.717) is 5.56 Å². The Morgan fingerprint density at radius 1 is 1.33 bits per heavy atom. The summed E-state index contributed by atoms with van der Waals surface area (Å²) in [5.74, 6) is 0.0330. The van der Waals surface area contributed by atoms with Crippen molar-refractivity contribution in [1.82, 2.24) is 4.98 Å². The molecule has 0 amide bonds. The van der Waals surface area contributed by atoms with Gasteiger partial charge in [0.05, 0.1) is 0 Å². The predicted octanol–water partition coefficient (Wildman–Crippen LogP) is 2.32. The fraction of sp³-hybridized carbons (Fsp3) is 0.200. The Hall–Kier alpha value is -1.44. The van der Waals surface area contributed by atoms with Gasteiger partial charge in [0.25, 0.3) is 0 Å². The Morgan fingerprint density at radius 3 is 2.42 bits per heavy atom. The first-order valence-corrected chi connectivity index (χ1v) is 3.73. The van der Waals surface area contributed by atoms with Crippen molar-refractivity contribution < 1.29 is 4.79 Å². The lowest BCUT2D eigenvalue weighted by atomic mass is 10.1. The van der Waals surface area contributed by atoms with Crippen LogP contribution in [0.5, 0.6) is 0 Å². The highest BCUT2D eigenvalue weighted by Crippen LogP contribution is 2.11. The average Bonchev–Trinajstić information content (AvgIpc) is 2.04. The van der Waals surface area contributed by atoms with E-state index in [0.717, 1.165) is 11.1 Å². The SMILES string of the molecule is C=C(C)c1cncc(C(C)=O)c1. The number of carbonyl (C=O) groups excluding carboxylic acids is 1. The van der Waals surface area contributed by atoms with Gasteiger partial charge in [-0.15, -0.1) is 0 Å². The van der Waals surface area contributed by atoms with Crippen LogP contribution in [0.15, 0.2) is 25.0 Å². The molecule has 1 heterocycles. The Balaban J connectivity index is 3.12. The van der Waals surface area contributed by atoms with Gasteiger partial charge < -0.3 is 0 Å². The Labute approximate surface area is 71.9 Å². The van der Waals surface area contributed by atoms with Crippen molar-refractivity contribution in [1.29, 1.82) is 0 Å². The van der Waals surface area contributed by atoms with Crippen LogP contribution in [0.2, 0.25) is 0 Å². The van der Waals surface area contributed by atoms with Crippen molar-refractivity contribution in [2.45, 2.75) is 13.8 Å². The van der Waals surface area contributed by atoms with Crippen molar-refractivity contribution in [2.75, 3.05) is 0 Å². The predicted molar refractivity (Wildman–Crippen MR) is 48.9 cm³/mol. The van der Waals surface area contributed by atoms with Crippen LogP contribution in [0.25, 0.3) is 5.57 Å². The number of pyridine rings is 1. The van der Waals surface area contributed by atoms with E-state index in [1.54, 1.807) is 18.5 Å². The lowest BCUT2D eigenvalue weighted by molar-refractivity contribution is 0.101. The van der Waals surface area contributed by atoms with Crippen LogP contribution >= 0.6 is 0 Å². The molecule has 0 bridgehead atoms. The molecule has 2 nitrogen and oxygen atoms in total. The highest BCUT2D eigenvalue weighted by Gasteiger charge is 2.00. The van der Waals surface area contributed by atoms with Gasteiger partial charge in [0, 0.05) is 18.0 Å².